The predicted molar refractivity (Wildman–Crippen MR) is 84.0 cm³/mol. The van der Waals surface area contributed by atoms with Gasteiger partial charge in [0, 0.05) is 23.8 Å². The molecule has 2 fully saturated rings. The summed E-state index contributed by atoms with van der Waals surface area (Å²) in [7, 11) is 0. The fourth-order valence-electron chi connectivity index (χ4n) is 2.74. The van der Waals surface area contributed by atoms with Gasteiger partial charge in [0.25, 0.3) is 0 Å². The summed E-state index contributed by atoms with van der Waals surface area (Å²) in [6.07, 6.45) is 6.64. The van der Waals surface area contributed by atoms with Crippen LogP contribution < -0.4 is 0 Å². The first-order chi connectivity index (χ1) is 11.4. The summed E-state index contributed by atoms with van der Waals surface area (Å²) in [5.41, 5.74) is 0.889. The van der Waals surface area contributed by atoms with Crippen LogP contribution in [0.5, 0.6) is 0 Å². The number of thioether (sulfide) groups is 1. The van der Waals surface area contributed by atoms with E-state index < -0.39 is 0 Å². The van der Waals surface area contributed by atoms with E-state index in [9.17, 15) is 0 Å². The van der Waals surface area contributed by atoms with E-state index in [-0.39, 0.29) is 0 Å². The molecule has 2 aliphatic rings. The van der Waals surface area contributed by atoms with Gasteiger partial charge in [-0.3, -0.25) is 0 Å². The third-order valence-corrected chi connectivity index (χ3v) is 5.19. The van der Waals surface area contributed by atoms with Crippen molar-refractivity contribution in [3.8, 4) is 11.5 Å². The van der Waals surface area contributed by atoms with Gasteiger partial charge >= 0.3 is 0 Å². The average molecular weight is 328 g/mol. The highest BCUT2D eigenvalue weighted by atomic mass is 32.2. The minimum Gasteiger partial charge on any atom is -0.461 e. The van der Waals surface area contributed by atoms with E-state index in [1.165, 1.54) is 31.5 Å². The van der Waals surface area contributed by atoms with E-state index in [4.69, 9.17) is 8.94 Å². The Hall–Kier alpha value is -2.02. The average Bonchev–Trinajstić information content (AvgIpc) is 3.43. The molecule has 7 heteroatoms. The number of nitrogens with zero attached hydrogens (tertiary/aromatic N) is 4. The van der Waals surface area contributed by atoms with Crippen molar-refractivity contribution in [1.29, 1.82) is 0 Å². The molecule has 0 atom stereocenters. The normalized spacial score (nSPS) is 17.7. The topological polar surface area (TPSA) is 69.9 Å². The van der Waals surface area contributed by atoms with Gasteiger partial charge in [-0.05, 0) is 37.8 Å². The van der Waals surface area contributed by atoms with Gasteiger partial charge in [-0.15, -0.1) is 10.2 Å². The standard InChI is InChI=1S/C16H16N4O2S/c1-2-13(21-7-1)14-8-11(19-22-14)9-23-16-18-17-15(10-3-4-10)20(16)12-5-6-12/h1-2,7-8,10,12H,3-6,9H2. The van der Waals surface area contributed by atoms with Crippen molar-refractivity contribution in [1.82, 2.24) is 19.9 Å². The smallest absolute Gasteiger partial charge is 0.202 e. The van der Waals surface area contributed by atoms with Gasteiger partial charge in [0.05, 0.1) is 12.0 Å². The molecule has 0 aromatic carbocycles. The van der Waals surface area contributed by atoms with Crippen molar-refractivity contribution < 1.29 is 8.94 Å². The molecule has 0 N–H and O–H groups in total. The number of aromatic nitrogens is 4. The van der Waals surface area contributed by atoms with Crippen LogP contribution in [0.2, 0.25) is 0 Å². The van der Waals surface area contributed by atoms with E-state index >= 15 is 0 Å². The molecule has 0 spiro atoms. The van der Waals surface area contributed by atoms with Crippen molar-refractivity contribution >= 4 is 11.8 Å². The second kappa shape index (κ2) is 5.26. The van der Waals surface area contributed by atoms with Gasteiger partial charge in [-0.25, -0.2) is 0 Å². The molecule has 3 aromatic rings. The van der Waals surface area contributed by atoms with E-state index in [0.29, 0.717) is 23.5 Å². The zero-order chi connectivity index (χ0) is 15.2. The first-order valence-electron chi connectivity index (χ1n) is 7.95. The van der Waals surface area contributed by atoms with Crippen molar-refractivity contribution in [2.24, 2.45) is 0 Å². The minimum atomic E-state index is 0.610. The molecule has 0 radical (unpaired) electrons. The van der Waals surface area contributed by atoms with Crippen LogP contribution in [0.15, 0.2) is 38.6 Å². The third-order valence-electron chi connectivity index (χ3n) is 4.22. The second-order valence-electron chi connectivity index (χ2n) is 6.16. The molecule has 3 aromatic heterocycles. The Bertz CT molecular complexity index is 815. The van der Waals surface area contributed by atoms with Crippen LogP contribution in [0, 0.1) is 0 Å². The van der Waals surface area contributed by atoms with E-state index in [1.54, 1.807) is 18.0 Å². The maximum atomic E-state index is 5.34. The zero-order valence-corrected chi connectivity index (χ0v) is 13.3. The molecule has 0 saturated heterocycles. The molecule has 3 heterocycles. The van der Waals surface area contributed by atoms with Crippen LogP contribution in [0.4, 0.5) is 0 Å². The molecule has 23 heavy (non-hydrogen) atoms. The third kappa shape index (κ3) is 2.59. The van der Waals surface area contributed by atoms with Crippen molar-refractivity contribution in [2.45, 2.75) is 48.6 Å². The summed E-state index contributed by atoms with van der Waals surface area (Å²) in [4.78, 5) is 0. The zero-order valence-electron chi connectivity index (χ0n) is 12.5. The monoisotopic (exact) mass is 328 g/mol. The summed E-state index contributed by atoms with van der Waals surface area (Å²) >= 11 is 1.68. The second-order valence-corrected chi connectivity index (χ2v) is 7.11. The lowest BCUT2D eigenvalue weighted by molar-refractivity contribution is 0.413. The summed E-state index contributed by atoms with van der Waals surface area (Å²) in [6, 6.07) is 6.23. The van der Waals surface area contributed by atoms with Gasteiger partial charge in [0.15, 0.2) is 10.9 Å². The molecule has 6 nitrogen and oxygen atoms in total. The highest BCUT2D eigenvalue weighted by Gasteiger charge is 2.36. The van der Waals surface area contributed by atoms with Gasteiger partial charge in [0.1, 0.15) is 5.82 Å². The first-order valence-corrected chi connectivity index (χ1v) is 8.94. The Morgan fingerprint density at radius 1 is 1.17 bits per heavy atom. The van der Waals surface area contributed by atoms with Gasteiger partial charge in [-0.1, -0.05) is 16.9 Å². The van der Waals surface area contributed by atoms with Crippen LogP contribution in [-0.2, 0) is 5.75 Å². The molecular formula is C16H16N4O2S. The summed E-state index contributed by atoms with van der Waals surface area (Å²) in [5, 5.41) is 14.0. The number of hydrogen-bond donors (Lipinski definition) is 0. The fraction of sp³-hybridized carbons (Fsp3) is 0.438. The fourth-order valence-corrected chi connectivity index (χ4v) is 3.63. The van der Waals surface area contributed by atoms with Crippen LogP contribution in [0.3, 0.4) is 0 Å². The lowest BCUT2D eigenvalue weighted by Crippen LogP contribution is -2.01. The Kier molecular flexibility index (Phi) is 3.07. The Labute approximate surface area is 137 Å². The molecule has 0 bridgehead atoms. The Balaban J connectivity index is 1.33. The summed E-state index contributed by atoms with van der Waals surface area (Å²) < 4.78 is 13.0. The number of rotatable bonds is 6. The molecule has 0 aliphatic heterocycles. The Morgan fingerprint density at radius 3 is 2.83 bits per heavy atom. The summed E-state index contributed by atoms with van der Waals surface area (Å²) in [6.45, 7) is 0. The van der Waals surface area contributed by atoms with Gasteiger partial charge < -0.3 is 13.5 Å². The van der Waals surface area contributed by atoms with Gasteiger partial charge in [0.2, 0.25) is 5.76 Å². The quantitative estimate of drug-likeness (QED) is 0.636. The molecule has 118 valence electrons. The van der Waals surface area contributed by atoms with Crippen LogP contribution in [-0.4, -0.2) is 19.9 Å². The SMILES string of the molecule is c1coc(-c2cc(CSc3nnc(C4CC4)n3C3CC3)no2)c1. The lowest BCUT2D eigenvalue weighted by Gasteiger charge is -2.07. The molecule has 5 rings (SSSR count). The number of hydrogen-bond acceptors (Lipinski definition) is 6. The first kappa shape index (κ1) is 13.4. The van der Waals surface area contributed by atoms with Crippen molar-refractivity contribution in [2.75, 3.05) is 0 Å². The maximum absolute atomic E-state index is 5.34. The summed E-state index contributed by atoms with van der Waals surface area (Å²) in [5.74, 6) is 3.90. The van der Waals surface area contributed by atoms with Crippen LogP contribution in [0.25, 0.3) is 11.5 Å². The largest absolute Gasteiger partial charge is 0.461 e. The molecule has 0 amide bonds. The van der Waals surface area contributed by atoms with Gasteiger partial charge in [-0.2, -0.15) is 0 Å². The van der Waals surface area contributed by atoms with E-state index in [2.05, 4.69) is 19.9 Å². The van der Waals surface area contributed by atoms with E-state index in [0.717, 1.165) is 16.6 Å². The predicted octanol–water partition coefficient (Wildman–Crippen LogP) is 4.03. The highest BCUT2D eigenvalue weighted by Crippen LogP contribution is 2.46. The molecule has 2 aliphatic carbocycles. The lowest BCUT2D eigenvalue weighted by atomic mass is 10.3. The molecular weight excluding hydrogens is 312 g/mol. The van der Waals surface area contributed by atoms with E-state index in [1.807, 2.05) is 18.2 Å². The van der Waals surface area contributed by atoms with Crippen LogP contribution in [0.1, 0.15) is 49.2 Å². The van der Waals surface area contributed by atoms with Crippen LogP contribution >= 0.6 is 11.8 Å². The minimum absolute atomic E-state index is 0.610. The van der Waals surface area contributed by atoms with Crippen molar-refractivity contribution in [3.63, 3.8) is 0 Å². The maximum Gasteiger partial charge on any atom is 0.202 e. The Morgan fingerprint density at radius 2 is 2.09 bits per heavy atom. The number of furan rings is 1. The molecule has 2 saturated carbocycles. The highest BCUT2D eigenvalue weighted by molar-refractivity contribution is 7.98. The molecule has 0 unspecified atom stereocenters. The van der Waals surface area contributed by atoms with Crippen molar-refractivity contribution in [3.05, 3.63) is 36.0 Å².